The zero-order valence-corrected chi connectivity index (χ0v) is 11.3. The van der Waals surface area contributed by atoms with E-state index in [1.807, 2.05) is 12.1 Å². The molecule has 1 aromatic rings. The Morgan fingerprint density at radius 1 is 1.18 bits per heavy atom. The Morgan fingerprint density at radius 3 is 2.41 bits per heavy atom. The van der Waals surface area contributed by atoms with Crippen LogP contribution in [0.1, 0.15) is 68.8 Å². The maximum atomic E-state index is 10.9. The predicted molar refractivity (Wildman–Crippen MR) is 73.6 cm³/mol. The van der Waals surface area contributed by atoms with Crippen LogP contribution in [0.2, 0.25) is 0 Å². The Labute approximate surface area is 105 Å². The van der Waals surface area contributed by atoms with Crippen molar-refractivity contribution in [1.82, 2.24) is 0 Å². The molecule has 0 unspecified atom stereocenters. The van der Waals surface area contributed by atoms with Crippen LogP contribution in [-0.2, 0) is 5.41 Å². The summed E-state index contributed by atoms with van der Waals surface area (Å²) in [6, 6.07) is 8.13. The maximum absolute atomic E-state index is 10.9. The molecule has 0 N–H and O–H groups in total. The zero-order valence-electron chi connectivity index (χ0n) is 11.3. The van der Waals surface area contributed by atoms with Crippen LogP contribution < -0.4 is 0 Å². The molecule has 1 nitrogen and oxygen atoms in total. The van der Waals surface area contributed by atoms with Gasteiger partial charge >= 0.3 is 0 Å². The first-order valence-electron chi connectivity index (χ1n) is 6.78. The van der Waals surface area contributed by atoms with Gasteiger partial charge in [0, 0.05) is 5.56 Å². The lowest BCUT2D eigenvalue weighted by Gasteiger charge is -2.32. The van der Waals surface area contributed by atoms with Gasteiger partial charge in [0.1, 0.15) is 6.29 Å². The van der Waals surface area contributed by atoms with Gasteiger partial charge in [-0.3, -0.25) is 4.79 Å². The molecule has 0 saturated carbocycles. The second-order valence-electron chi connectivity index (χ2n) is 4.83. The van der Waals surface area contributed by atoms with Gasteiger partial charge in [-0.25, -0.2) is 0 Å². The van der Waals surface area contributed by atoms with E-state index in [0.29, 0.717) is 0 Å². The van der Waals surface area contributed by atoms with Gasteiger partial charge in [0.25, 0.3) is 0 Å². The fourth-order valence-electron chi connectivity index (χ4n) is 2.61. The van der Waals surface area contributed by atoms with Crippen molar-refractivity contribution in [3.05, 3.63) is 35.4 Å². The lowest BCUT2D eigenvalue weighted by atomic mass is 9.72. The minimum atomic E-state index is 0.259. The maximum Gasteiger partial charge on any atom is 0.150 e. The summed E-state index contributed by atoms with van der Waals surface area (Å²) >= 11 is 0. The van der Waals surface area contributed by atoms with Gasteiger partial charge in [0.15, 0.2) is 0 Å². The van der Waals surface area contributed by atoms with E-state index in [4.69, 9.17) is 0 Å². The average molecular weight is 232 g/mol. The van der Waals surface area contributed by atoms with Crippen LogP contribution in [0.3, 0.4) is 0 Å². The number of rotatable bonds is 7. The van der Waals surface area contributed by atoms with Crippen LogP contribution in [0.25, 0.3) is 0 Å². The molecule has 0 saturated heterocycles. The number of hydrogen-bond donors (Lipinski definition) is 0. The standard InChI is InChI=1S/C16H24O/c1-4-7-11-16(5-2,6-3)15-10-8-9-14(12-15)13-17/h8-10,12-13H,4-7,11H2,1-3H3. The highest BCUT2D eigenvalue weighted by molar-refractivity contribution is 5.75. The van der Waals surface area contributed by atoms with Crippen molar-refractivity contribution >= 4 is 6.29 Å². The molecule has 0 aliphatic rings. The van der Waals surface area contributed by atoms with Crippen molar-refractivity contribution in [1.29, 1.82) is 0 Å². The van der Waals surface area contributed by atoms with Crippen LogP contribution >= 0.6 is 0 Å². The van der Waals surface area contributed by atoms with E-state index in [-0.39, 0.29) is 5.41 Å². The molecule has 0 radical (unpaired) electrons. The van der Waals surface area contributed by atoms with Gasteiger partial charge in [-0.15, -0.1) is 0 Å². The van der Waals surface area contributed by atoms with Crippen molar-refractivity contribution in [2.75, 3.05) is 0 Å². The van der Waals surface area contributed by atoms with Crippen LogP contribution in [0.5, 0.6) is 0 Å². The third-order valence-electron chi connectivity index (χ3n) is 4.00. The summed E-state index contributed by atoms with van der Waals surface area (Å²) in [4.78, 5) is 10.9. The SMILES string of the molecule is CCCCC(CC)(CC)c1cccc(C=O)c1. The largest absolute Gasteiger partial charge is 0.298 e. The first kappa shape index (κ1) is 14.0. The zero-order chi connectivity index (χ0) is 12.7. The van der Waals surface area contributed by atoms with Gasteiger partial charge < -0.3 is 0 Å². The third-order valence-corrected chi connectivity index (χ3v) is 4.00. The molecule has 1 rings (SSSR count). The van der Waals surface area contributed by atoms with Crippen LogP contribution in [0, 0.1) is 0 Å². The molecule has 0 bridgehead atoms. The Morgan fingerprint density at radius 2 is 1.88 bits per heavy atom. The minimum Gasteiger partial charge on any atom is -0.298 e. The molecule has 0 fully saturated rings. The minimum absolute atomic E-state index is 0.259. The predicted octanol–water partition coefficient (Wildman–Crippen LogP) is 4.75. The average Bonchev–Trinajstić information content (AvgIpc) is 2.41. The van der Waals surface area contributed by atoms with Crippen LogP contribution in [0.4, 0.5) is 0 Å². The second-order valence-corrected chi connectivity index (χ2v) is 4.83. The highest BCUT2D eigenvalue weighted by atomic mass is 16.1. The summed E-state index contributed by atoms with van der Waals surface area (Å²) in [6.07, 6.45) is 6.94. The monoisotopic (exact) mass is 232 g/mol. The number of carbonyl (C=O) groups is 1. The summed E-state index contributed by atoms with van der Waals surface area (Å²) < 4.78 is 0. The van der Waals surface area contributed by atoms with Gasteiger partial charge in [0.2, 0.25) is 0 Å². The number of benzene rings is 1. The molecular formula is C16H24O. The van der Waals surface area contributed by atoms with E-state index in [0.717, 1.165) is 24.7 Å². The topological polar surface area (TPSA) is 17.1 Å². The molecule has 1 aromatic carbocycles. The Balaban J connectivity index is 3.06. The van der Waals surface area contributed by atoms with Gasteiger partial charge in [-0.05, 0) is 36.3 Å². The molecule has 0 aromatic heterocycles. The van der Waals surface area contributed by atoms with Crippen molar-refractivity contribution < 1.29 is 4.79 Å². The lowest BCUT2D eigenvalue weighted by molar-refractivity contribution is 0.112. The molecule has 0 spiro atoms. The highest BCUT2D eigenvalue weighted by Gasteiger charge is 2.27. The summed E-state index contributed by atoms with van der Waals surface area (Å²) in [5.74, 6) is 0. The number of hydrogen-bond acceptors (Lipinski definition) is 1. The molecular weight excluding hydrogens is 208 g/mol. The van der Waals surface area contributed by atoms with Gasteiger partial charge in [-0.1, -0.05) is 51.8 Å². The smallest absolute Gasteiger partial charge is 0.150 e. The van der Waals surface area contributed by atoms with E-state index < -0.39 is 0 Å². The van der Waals surface area contributed by atoms with Gasteiger partial charge in [0.05, 0.1) is 0 Å². The second kappa shape index (κ2) is 6.58. The summed E-state index contributed by atoms with van der Waals surface area (Å²) in [7, 11) is 0. The van der Waals surface area contributed by atoms with Crippen molar-refractivity contribution in [3.63, 3.8) is 0 Å². The Hall–Kier alpha value is -1.11. The highest BCUT2D eigenvalue weighted by Crippen LogP contribution is 2.36. The van der Waals surface area contributed by atoms with Crippen LogP contribution in [-0.4, -0.2) is 6.29 Å². The normalized spacial score (nSPS) is 11.5. The molecule has 0 aliphatic carbocycles. The Kier molecular flexibility index (Phi) is 5.40. The number of unbranched alkanes of at least 4 members (excludes halogenated alkanes) is 1. The third kappa shape index (κ3) is 3.18. The first-order valence-corrected chi connectivity index (χ1v) is 6.78. The van der Waals surface area contributed by atoms with Crippen LogP contribution in [0.15, 0.2) is 24.3 Å². The lowest BCUT2D eigenvalue weighted by Crippen LogP contribution is -2.24. The van der Waals surface area contributed by atoms with Crippen molar-refractivity contribution in [3.8, 4) is 0 Å². The molecule has 0 aliphatic heterocycles. The summed E-state index contributed by atoms with van der Waals surface area (Å²) in [5, 5.41) is 0. The quantitative estimate of drug-likeness (QED) is 0.620. The molecule has 17 heavy (non-hydrogen) atoms. The molecule has 0 amide bonds. The van der Waals surface area contributed by atoms with E-state index in [1.54, 1.807) is 0 Å². The fraction of sp³-hybridized carbons (Fsp3) is 0.562. The van der Waals surface area contributed by atoms with E-state index in [2.05, 4.69) is 32.9 Å². The fourth-order valence-corrected chi connectivity index (χ4v) is 2.61. The Bertz CT molecular complexity index is 350. The molecule has 0 atom stereocenters. The summed E-state index contributed by atoms with van der Waals surface area (Å²) in [5.41, 5.74) is 2.39. The summed E-state index contributed by atoms with van der Waals surface area (Å²) in [6.45, 7) is 6.75. The van der Waals surface area contributed by atoms with Gasteiger partial charge in [-0.2, -0.15) is 0 Å². The molecule has 1 heteroatoms. The van der Waals surface area contributed by atoms with E-state index >= 15 is 0 Å². The van der Waals surface area contributed by atoms with E-state index in [9.17, 15) is 4.79 Å². The number of carbonyl (C=O) groups excluding carboxylic acids is 1. The number of aldehydes is 1. The van der Waals surface area contributed by atoms with E-state index in [1.165, 1.54) is 24.8 Å². The molecule has 0 heterocycles. The van der Waals surface area contributed by atoms with Crippen molar-refractivity contribution in [2.45, 2.75) is 58.3 Å². The molecule has 94 valence electrons. The van der Waals surface area contributed by atoms with Crippen molar-refractivity contribution in [2.24, 2.45) is 0 Å². The first-order chi connectivity index (χ1) is 8.22.